The Bertz CT molecular complexity index is 539. The Morgan fingerprint density at radius 1 is 1.39 bits per heavy atom. The first-order chi connectivity index (χ1) is 8.86. The van der Waals surface area contributed by atoms with Crippen molar-refractivity contribution in [3.8, 4) is 5.88 Å². The molecule has 3 heterocycles. The summed E-state index contributed by atoms with van der Waals surface area (Å²) in [5, 5.41) is 2.90. The van der Waals surface area contributed by atoms with E-state index in [0.717, 1.165) is 36.3 Å². The predicted molar refractivity (Wildman–Crippen MR) is 69.7 cm³/mol. The van der Waals surface area contributed by atoms with Gasteiger partial charge in [0.1, 0.15) is 10.9 Å². The van der Waals surface area contributed by atoms with Crippen LogP contribution in [0.5, 0.6) is 5.88 Å². The average molecular weight is 266 g/mol. The maximum absolute atomic E-state index is 5.95. The van der Waals surface area contributed by atoms with E-state index in [-0.39, 0.29) is 6.10 Å². The zero-order valence-electron chi connectivity index (χ0n) is 9.76. The number of nitrogens with one attached hydrogen (secondary N) is 1. The monoisotopic (exact) mass is 266 g/mol. The zero-order chi connectivity index (χ0) is 12.4. The molecule has 1 aliphatic rings. The fourth-order valence-electron chi connectivity index (χ4n) is 1.93. The lowest BCUT2D eigenvalue weighted by Gasteiger charge is -2.23. The van der Waals surface area contributed by atoms with Gasteiger partial charge < -0.3 is 9.47 Å². The van der Waals surface area contributed by atoms with Gasteiger partial charge in [0.2, 0.25) is 11.8 Å². The molecule has 1 saturated heterocycles. The molecule has 0 spiro atoms. The standard InChI is InChI=1S/C11H14N4O2S/c12-15-11-13-9(8-3-6-18-10(8)14-11)17-7-1-4-16-5-2-7/h3,6-7H,1-2,4-5,12H2,(H,13,14,15). The third-order valence-electron chi connectivity index (χ3n) is 2.87. The Labute approximate surface area is 108 Å². The molecule has 1 aliphatic heterocycles. The summed E-state index contributed by atoms with van der Waals surface area (Å²) in [6.07, 6.45) is 1.93. The van der Waals surface area contributed by atoms with Crippen LogP contribution in [0.3, 0.4) is 0 Å². The van der Waals surface area contributed by atoms with Gasteiger partial charge in [-0.25, -0.2) is 10.8 Å². The van der Waals surface area contributed by atoms with Crippen molar-refractivity contribution in [3.63, 3.8) is 0 Å². The third kappa shape index (κ3) is 2.24. The molecule has 2 aromatic heterocycles. The van der Waals surface area contributed by atoms with Crippen molar-refractivity contribution in [2.45, 2.75) is 18.9 Å². The second kappa shape index (κ2) is 5.05. The minimum Gasteiger partial charge on any atom is -0.474 e. The number of aromatic nitrogens is 2. The number of hydrazine groups is 1. The highest BCUT2D eigenvalue weighted by Gasteiger charge is 2.18. The molecular formula is C11H14N4O2S. The van der Waals surface area contributed by atoms with Crippen molar-refractivity contribution in [1.82, 2.24) is 9.97 Å². The summed E-state index contributed by atoms with van der Waals surface area (Å²) < 4.78 is 11.3. The highest BCUT2D eigenvalue weighted by atomic mass is 32.1. The van der Waals surface area contributed by atoms with Crippen molar-refractivity contribution in [2.24, 2.45) is 5.84 Å². The fourth-order valence-corrected chi connectivity index (χ4v) is 2.69. The Morgan fingerprint density at radius 3 is 3.00 bits per heavy atom. The van der Waals surface area contributed by atoms with Crippen LogP contribution < -0.4 is 16.0 Å². The number of nitrogen functional groups attached to an aromatic ring is 1. The van der Waals surface area contributed by atoms with Crippen LogP contribution >= 0.6 is 11.3 Å². The number of hydrogen-bond donors (Lipinski definition) is 2. The predicted octanol–water partition coefficient (Wildman–Crippen LogP) is 1.53. The number of rotatable bonds is 3. The van der Waals surface area contributed by atoms with E-state index in [1.807, 2.05) is 11.4 Å². The highest BCUT2D eigenvalue weighted by molar-refractivity contribution is 7.16. The van der Waals surface area contributed by atoms with Gasteiger partial charge in [-0.2, -0.15) is 4.98 Å². The molecule has 18 heavy (non-hydrogen) atoms. The number of ether oxygens (including phenoxy) is 2. The molecule has 0 aliphatic carbocycles. The van der Waals surface area contributed by atoms with Gasteiger partial charge in [0, 0.05) is 12.8 Å². The molecule has 1 fully saturated rings. The maximum Gasteiger partial charge on any atom is 0.241 e. The van der Waals surface area contributed by atoms with E-state index in [9.17, 15) is 0 Å². The number of thiophene rings is 1. The SMILES string of the molecule is NNc1nc(OC2CCOCC2)c2ccsc2n1. The van der Waals surface area contributed by atoms with E-state index in [2.05, 4.69) is 15.4 Å². The summed E-state index contributed by atoms with van der Waals surface area (Å²) in [4.78, 5) is 9.43. The Hall–Kier alpha value is -1.44. The topological polar surface area (TPSA) is 82.3 Å². The number of hydrogen-bond acceptors (Lipinski definition) is 7. The molecule has 0 aromatic carbocycles. The summed E-state index contributed by atoms with van der Waals surface area (Å²) in [6.45, 7) is 1.48. The highest BCUT2D eigenvalue weighted by Crippen LogP contribution is 2.29. The van der Waals surface area contributed by atoms with E-state index in [0.29, 0.717) is 11.8 Å². The van der Waals surface area contributed by atoms with Gasteiger partial charge in [-0.15, -0.1) is 11.3 Å². The minimum atomic E-state index is 0.155. The van der Waals surface area contributed by atoms with Gasteiger partial charge in [0.05, 0.1) is 18.6 Å². The Balaban J connectivity index is 1.91. The number of anilines is 1. The summed E-state index contributed by atoms with van der Waals surface area (Å²) in [7, 11) is 0. The van der Waals surface area contributed by atoms with Gasteiger partial charge in [-0.1, -0.05) is 0 Å². The molecule has 0 saturated carbocycles. The van der Waals surface area contributed by atoms with Crippen LogP contribution in [0.25, 0.3) is 10.2 Å². The minimum absolute atomic E-state index is 0.155. The summed E-state index contributed by atoms with van der Waals surface area (Å²) in [5.74, 6) is 6.35. The van der Waals surface area contributed by atoms with Crippen molar-refractivity contribution in [1.29, 1.82) is 0 Å². The molecule has 0 unspecified atom stereocenters. The first-order valence-electron chi connectivity index (χ1n) is 5.83. The molecule has 7 heteroatoms. The van der Waals surface area contributed by atoms with Crippen LogP contribution in [0.1, 0.15) is 12.8 Å². The molecule has 3 rings (SSSR count). The molecule has 6 nitrogen and oxygen atoms in total. The van der Waals surface area contributed by atoms with Gasteiger partial charge in [-0.3, -0.25) is 5.43 Å². The van der Waals surface area contributed by atoms with Crippen molar-refractivity contribution < 1.29 is 9.47 Å². The lowest BCUT2D eigenvalue weighted by atomic mass is 10.1. The van der Waals surface area contributed by atoms with E-state index in [1.165, 1.54) is 0 Å². The molecule has 0 bridgehead atoms. The van der Waals surface area contributed by atoms with Crippen LogP contribution in [0.2, 0.25) is 0 Å². The van der Waals surface area contributed by atoms with Gasteiger partial charge in [-0.05, 0) is 11.4 Å². The molecular weight excluding hydrogens is 252 g/mol. The van der Waals surface area contributed by atoms with E-state index in [4.69, 9.17) is 15.3 Å². The largest absolute Gasteiger partial charge is 0.474 e. The summed E-state index contributed by atoms with van der Waals surface area (Å²) in [6, 6.07) is 1.97. The second-order valence-electron chi connectivity index (χ2n) is 4.07. The number of fused-ring (bicyclic) bond motifs is 1. The molecule has 0 radical (unpaired) electrons. The van der Waals surface area contributed by atoms with Gasteiger partial charge >= 0.3 is 0 Å². The van der Waals surface area contributed by atoms with Crippen molar-refractivity contribution in [2.75, 3.05) is 18.6 Å². The van der Waals surface area contributed by atoms with Crippen LogP contribution in [0.4, 0.5) is 5.95 Å². The van der Waals surface area contributed by atoms with Crippen LogP contribution in [-0.4, -0.2) is 29.3 Å². The van der Waals surface area contributed by atoms with Crippen molar-refractivity contribution >= 4 is 27.5 Å². The quantitative estimate of drug-likeness (QED) is 0.647. The summed E-state index contributed by atoms with van der Waals surface area (Å²) in [5.41, 5.74) is 2.47. The number of nitrogens with zero attached hydrogens (tertiary/aromatic N) is 2. The molecule has 0 atom stereocenters. The third-order valence-corrected chi connectivity index (χ3v) is 3.67. The van der Waals surface area contributed by atoms with E-state index >= 15 is 0 Å². The molecule has 2 aromatic rings. The fraction of sp³-hybridized carbons (Fsp3) is 0.455. The normalized spacial score (nSPS) is 16.9. The van der Waals surface area contributed by atoms with Crippen LogP contribution in [0, 0.1) is 0 Å². The average Bonchev–Trinajstić information content (AvgIpc) is 2.88. The van der Waals surface area contributed by atoms with Gasteiger partial charge in [0.15, 0.2) is 0 Å². The second-order valence-corrected chi connectivity index (χ2v) is 4.96. The van der Waals surface area contributed by atoms with Crippen LogP contribution in [0.15, 0.2) is 11.4 Å². The first kappa shape index (κ1) is 11.6. The van der Waals surface area contributed by atoms with E-state index < -0.39 is 0 Å². The summed E-state index contributed by atoms with van der Waals surface area (Å²) >= 11 is 1.54. The Kier molecular flexibility index (Phi) is 3.26. The van der Waals surface area contributed by atoms with Gasteiger partial charge in [0.25, 0.3) is 0 Å². The molecule has 3 N–H and O–H groups in total. The van der Waals surface area contributed by atoms with Crippen LogP contribution in [-0.2, 0) is 4.74 Å². The lowest BCUT2D eigenvalue weighted by molar-refractivity contribution is 0.0244. The lowest BCUT2D eigenvalue weighted by Crippen LogP contribution is -2.26. The Morgan fingerprint density at radius 2 is 2.22 bits per heavy atom. The number of nitrogens with two attached hydrogens (primary N) is 1. The van der Waals surface area contributed by atoms with Crippen molar-refractivity contribution in [3.05, 3.63) is 11.4 Å². The first-order valence-corrected chi connectivity index (χ1v) is 6.71. The zero-order valence-corrected chi connectivity index (χ0v) is 10.6. The smallest absolute Gasteiger partial charge is 0.241 e. The molecule has 0 amide bonds. The maximum atomic E-state index is 5.95. The molecule has 96 valence electrons. The van der Waals surface area contributed by atoms with E-state index in [1.54, 1.807) is 11.3 Å².